The highest BCUT2D eigenvalue weighted by molar-refractivity contribution is 6.63. The number of nitrogens with zero attached hydrogens (tertiary/aromatic N) is 1. The highest BCUT2D eigenvalue weighted by Crippen LogP contribution is 1.80. The van der Waals surface area contributed by atoms with Crippen molar-refractivity contribution < 1.29 is 19.1 Å². The van der Waals surface area contributed by atoms with Crippen LogP contribution in [0.2, 0.25) is 0 Å². The van der Waals surface area contributed by atoms with Crippen molar-refractivity contribution in [3.63, 3.8) is 0 Å². The molecular weight excluding hydrogens is 188 g/mol. The van der Waals surface area contributed by atoms with Crippen LogP contribution in [0.3, 0.4) is 0 Å². The molecule has 0 aliphatic rings. The minimum atomic E-state index is -0.856. The highest BCUT2D eigenvalue weighted by Gasteiger charge is 2.02. The molecule has 66 valence electrons. The van der Waals surface area contributed by atoms with E-state index < -0.39 is 18.1 Å². The van der Waals surface area contributed by atoms with Crippen molar-refractivity contribution in [1.29, 1.82) is 0 Å². The van der Waals surface area contributed by atoms with Gasteiger partial charge in [-0.15, -0.1) is 0 Å². The quantitative estimate of drug-likeness (QED) is 0.219. The minimum absolute atomic E-state index is 0.350. The minimum Gasteiger partial charge on any atom is -0.440 e. The van der Waals surface area contributed by atoms with Crippen LogP contribution in [0.1, 0.15) is 0 Å². The molecule has 0 aliphatic carbocycles. The van der Waals surface area contributed by atoms with Crippen molar-refractivity contribution in [2.24, 2.45) is 4.99 Å². The first-order valence-corrected chi connectivity index (χ1v) is 3.17. The number of ether oxygens (including phenoxy) is 1. The molecule has 7 heteroatoms. The normalized spacial score (nSPS) is 8.08. The Bertz CT molecular complexity index is 215. The van der Waals surface area contributed by atoms with Crippen LogP contribution < -0.4 is 5.32 Å². The Morgan fingerprint density at radius 1 is 1.58 bits per heavy atom. The summed E-state index contributed by atoms with van der Waals surface area (Å²) >= 11 is 4.84. The van der Waals surface area contributed by atoms with E-state index in [1.807, 2.05) is 5.32 Å². The Labute approximate surface area is 72.5 Å². The largest absolute Gasteiger partial charge is 0.440 e. The summed E-state index contributed by atoms with van der Waals surface area (Å²) in [6.45, 7) is -0.753. The van der Waals surface area contributed by atoms with E-state index in [0.29, 0.717) is 0 Å². The number of carbonyl (C=O) groups is 2. The molecule has 0 aromatic heterocycles. The molecule has 0 aromatic carbocycles. The summed E-state index contributed by atoms with van der Waals surface area (Å²) < 4.78 is 4.29. The van der Waals surface area contributed by atoms with Gasteiger partial charge in [-0.2, -0.15) is 4.99 Å². The molecule has 12 heavy (non-hydrogen) atoms. The number of halogens is 1. The van der Waals surface area contributed by atoms with Gasteiger partial charge in [0, 0.05) is 0 Å². The van der Waals surface area contributed by atoms with Gasteiger partial charge in [-0.3, -0.25) is 9.59 Å². The van der Waals surface area contributed by atoms with Crippen molar-refractivity contribution >= 4 is 29.0 Å². The molecule has 0 saturated carbocycles. The second-order valence-electron chi connectivity index (χ2n) is 1.52. The van der Waals surface area contributed by atoms with Gasteiger partial charge in [0.25, 0.3) is 0 Å². The number of aliphatic imine (C=N–C) groups is 1. The summed E-state index contributed by atoms with van der Waals surface area (Å²) in [5.74, 6) is -0.733. The van der Waals surface area contributed by atoms with Crippen LogP contribution in [-0.4, -0.2) is 30.7 Å². The number of esters is 1. The van der Waals surface area contributed by atoms with Crippen LogP contribution in [0.5, 0.6) is 0 Å². The van der Waals surface area contributed by atoms with E-state index in [0.717, 1.165) is 0 Å². The first-order valence-electron chi connectivity index (χ1n) is 2.79. The predicted octanol–water partition coefficient (Wildman–Crippen LogP) is -0.229. The van der Waals surface area contributed by atoms with E-state index >= 15 is 0 Å². The fraction of sp³-hybridized carbons (Fsp3) is 0.400. The molecule has 0 aliphatic heterocycles. The van der Waals surface area contributed by atoms with Crippen LogP contribution in [-0.2, 0) is 14.3 Å². The third kappa shape index (κ3) is 6.73. The van der Waals surface area contributed by atoms with Gasteiger partial charge < -0.3 is 10.1 Å². The predicted molar refractivity (Wildman–Crippen MR) is 38.3 cm³/mol. The van der Waals surface area contributed by atoms with Crippen molar-refractivity contribution in [2.45, 2.75) is 0 Å². The molecule has 0 atom stereocenters. The molecule has 0 spiro atoms. The Kier molecular flexibility index (Phi) is 5.60. The van der Waals surface area contributed by atoms with Crippen molar-refractivity contribution in [1.82, 2.24) is 5.32 Å². The molecule has 1 amide bonds. The smallest absolute Gasteiger partial charge is 0.327 e. The molecular formula is C5H5ClN2O4. The van der Waals surface area contributed by atoms with Gasteiger partial charge in [-0.05, 0) is 11.6 Å². The lowest BCUT2D eigenvalue weighted by molar-refractivity contribution is -0.141. The SMILES string of the molecule is O=C=NCOC(=O)CNC(=O)Cl. The van der Waals surface area contributed by atoms with Crippen LogP contribution in [0, 0.1) is 0 Å². The summed E-state index contributed by atoms with van der Waals surface area (Å²) in [7, 11) is 0. The van der Waals surface area contributed by atoms with Crippen molar-refractivity contribution in [3.05, 3.63) is 0 Å². The van der Waals surface area contributed by atoms with E-state index in [4.69, 9.17) is 11.6 Å². The van der Waals surface area contributed by atoms with E-state index in [9.17, 15) is 14.4 Å². The summed E-state index contributed by atoms with van der Waals surface area (Å²) in [6, 6.07) is 0. The topological polar surface area (TPSA) is 84.8 Å². The van der Waals surface area contributed by atoms with Gasteiger partial charge in [0.2, 0.25) is 6.08 Å². The number of hydrogen-bond acceptors (Lipinski definition) is 5. The number of carbonyl (C=O) groups excluding carboxylic acids is 3. The molecule has 0 radical (unpaired) electrons. The van der Waals surface area contributed by atoms with Gasteiger partial charge in [0.1, 0.15) is 6.54 Å². The molecule has 6 nitrogen and oxygen atoms in total. The van der Waals surface area contributed by atoms with Crippen LogP contribution in [0.25, 0.3) is 0 Å². The fourth-order valence-corrected chi connectivity index (χ4v) is 0.390. The van der Waals surface area contributed by atoms with E-state index in [1.165, 1.54) is 6.08 Å². The van der Waals surface area contributed by atoms with Crippen LogP contribution in [0.15, 0.2) is 4.99 Å². The number of hydrogen-bond donors (Lipinski definition) is 1. The zero-order valence-corrected chi connectivity index (χ0v) is 6.63. The molecule has 0 saturated heterocycles. The summed E-state index contributed by atoms with van der Waals surface area (Å²) in [5.41, 5.74) is 0. The maximum atomic E-state index is 10.5. The lowest BCUT2D eigenvalue weighted by Gasteiger charge is -1.99. The molecule has 0 bridgehead atoms. The van der Waals surface area contributed by atoms with Crippen LogP contribution >= 0.6 is 11.6 Å². The zero-order chi connectivity index (χ0) is 9.40. The highest BCUT2D eigenvalue weighted by atomic mass is 35.5. The maximum Gasteiger partial charge on any atom is 0.327 e. The number of rotatable bonds is 4. The van der Waals surface area contributed by atoms with E-state index in [-0.39, 0.29) is 6.54 Å². The lowest BCUT2D eigenvalue weighted by Crippen LogP contribution is -2.26. The molecule has 0 aromatic rings. The molecule has 0 heterocycles. The monoisotopic (exact) mass is 192 g/mol. The second-order valence-corrected chi connectivity index (χ2v) is 1.87. The molecule has 0 unspecified atom stereocenters. The average Bonchev–Trinajstić information content (AvgIpc) is 2.01. The number of amides is 1. The molecule has 0 fully saturated rings. The zero-order valence-electron chi connectivity index (χ0n) is 5.87. The maximum absolute atomic E-state index is 10.5. The van der Waals surface area contributed by atoms with Gasteiger partial charge in [-0.25, -0.2) is 4.79 Å². The third-order valence-corrected chi connectivity index (χ3v) is 0.860. The van der Waals surface area contributed by atoms with Crippen LogP contribution in [0.4, 0.5) is 4.79 Å². The number of nitrogens with one attached hydrogen (secondary N) is 1. The fourth-order valence-electron chi connectivity index (χ4n) is 0.323. The summed E-state index contributed by atoms with van der Waals surface area (Å²) in [6.07, 6.45) is 1.17. The van der Waals surface area contributed by atoms with Gasteiger partial charge in [0.15, 0.2) is 6.73 Å². The van der Waals surface area contributed by atoms with E-state index in [1.54, 1.807) is 0 Å². The molecule has 0 rings (SSSR count). The van der Waals surface area contributed by atoms with Gasteiger partial charge in [0.05, 0.1) is 0 Å². The first kappa shape index (κ1) is 10.6. The van der Waals surface area contributed by atoms with Crippen molar-refractivity contribution in [3.8, 4) is 0 Å². The Hall–Kier alpha value is -1.39. The average molecular weight is 193 g/mol. The Morgan fingerprint density at radius 2 is 2.25 bits per heavy atom. The third-order valence-electron chi connectivity index (χ3n) is 0.726. The number of isocyanates is 1. The van der Waals surface area contributed by atoms with Gasteiger partial charge in [-0.1, -0.05) is 0 Å². The first-order chi connectivity index (χ1) is 5.66. The van der Waals surface area contributed by atoms with Gasteiger partial charge >= 0.3 is 11.3 Å². The van der Waals surface area contributed by atoms with Crippen molar-refractivity contribution in [2.75, 3.05) is 13.3 Å². The summed E-state index contributed by atoms with van der Waals surface area (Å²) in [5, 5.41) is 1.13. The Balaban J connectivity index is 3.46. The standard InChI is InChI=1S/C5H5ClN2O4/c6-5(11)8-1-4(10)12-3-7-2-9/h1,3H2,(H,8,11). The molecule has 1 N–H and O–H groups in total. The Morgan fingerprint density at radius 3 is 2.75 bits per heavy atom. The summed E-state index contributed by atoms with van der Waals surface area (Å²) in [4.78, 5) is 33.0. The van der Waals surface area contributed by atoms with E-state index in [2.05, 4.69) is 9.73 Å². The lowest BCUT2D eigenvalue weighted by atomic mass is 10.7. The second kappa shape index (κ2) is 6.33.